The van der Waals surface area contributed by atoms with Crippen LogP contribution in [0.1, 0.15) is 89.1 Å². The van der Waals surface area contributed by atoms with Gasteiger partial charge in [-0.3, -0.25) is 24.2 Å². The van der Waals surface area contributed by atoms with Gasteiger partial charge in [-0.2, -0.15) is 18.4 Å². The number of carbonyl (C=O) groups is 3. The topological polar surface area (TPSA) is 190 Å². The van der Waals surface area contributed by atoms with Crippen molar-refractivity contribution in [2.24, 2.45) is 5.41 Å². The number of halogens is 3. The molecule has 3 amide bonds. The van der Waals surface area contributed by atoms with Crippen LogP contribution in [-0.4, -0.2) is 112 Å². The highest BCUT2D eigenvalue weighted by atomic mass is 32.1. The molecule has 2 aliphatic rings. The summed E-state index contributed by atoms with van der Waals surface area (Å²) in [4.78, 5) is 49.6. The molecule has 2 aliphatic heterocycles. The molecule has 0 radical (unpaired) electrons. The Bertz CT molecular complexity index is 2530. The van der Waals surface area contributed by atoms with Crippen LogP contribution in [0.25, 0.3) is 10.4 Å². The van der Waals surface area contributed by atoms with Crippen molar-refractivity contribution < 1.29 is 52.0 Å². The first-order valence-corrected chi connectivity index (χ1v) is 24.8. The van der Waals surface area contributed by atoms with Gasteiger partial charge in [0.15, 0.2) is 5.11 Å². The van der Waals surface area contributed by atoms with Gasteiger partial charge in [0.25, 0.3) is 5.91 Å². The molecule has 2 fully saturated rings. The molecule has 20 heteroatoms. The number of nitriles is 1. The Morgan fingerprint density at radius 3 is 2.28 bits per heavy atom. The number of thiazole rings is 1. The Morgan fingerprint density at radius 1 is 0.972 bits per heavy atom. The number of amides is 3. The van der Waals surface area contributed by atoms with Gasteiger partial charge in [0, 0.05) is 38.6 Å². The molecule has 4 N–H and O–H groups in total. The van der Waals surface area contributed by atoms with Gasteiger partial charge in [0.2, 0.25) is 11.8 Å². The summed E-state index contributed by atoms with van der Waals surface area (Å²) in [5.74, 6) is -0.666. The molecule has 6 rings (SSSR count). The molecule has 0 aliphatic carbocycles. The lowest BCUT2D eigenvalue weighted by Crippen LogP contribution is -2.60. The zero-order valence-electron chi connectivity index (χ0n) is 40.8. The minimum atomic E-state index is -4.80. The number of likely N-dealkylation sites (tertiary alicyclic amines) is 1. The fraction of sp³-hybridized carbons (Fsp3) is 0.490. The standard InChI is InChI=1S/C51H62F3N7O8S2/c1-32-43(71-31-57-32)34-13-11-33(12-14-34)28-56-45(64)41-26-38(62)29-59(41)46(65)44(49(2,3)4)58-42(63)30-68-23-10-22-67-21-8-7-9-24-69-39-19-17-36(18-20-39)61-48(70)60(47(66)50(61,5)6)37-16-15-35(27-55)40(25-37)51(52,53)54/h11-20,25,31,38,41,44,46,62,65H,7-10,21-24,26,28-30H2,1-6H3,(H,56,64)(H,58,63)/t38-,41+,44-,46?/m1/s1. The van der Waals surface area contributed by atoms with E-state index in [9.17, 15) is 43.0 Å². The number of aromatic nitrogens is 1. The number of alkyl halides is 3. The maximum atomic E-state index is 13.7. The van der Waals surface area contributed by atoms with E-state index in [1.54, 1.807) is 65.3 Å². The SMILES string of the molecule is Cc1ncsc1-c1ccc(CNC(=O)[C@@H]2C[C@@H](O)CN2C(O)[C@@H](NC(=O)COCCCOCCCCCOc2ccc(N3C(=S)N(c4ccc(C#N)c(C(F)(F)F)c4)C(=O)C3(C)C)cc2)C(C)(C)C)cc1. The van der Waals surface area contributed by atoms with Crippen molar-refractivity contribution >= 4 is 57.8 Å². The average molecular weight is 1020 g/mol. The van der Waals surface area contributed by atoms with E-state index in [4.69, 9.17) is 26.4 Å². The molecule has 3 heterocycles. The summed E-state index contributed by atoms with van der Waals surface area (Å²) in [5.41, 5.74) is 1.66. The molecule has 2 saturated heterocycles. The maximum Gasteiger partial charge on any atom is 0.417 e. The number of anilines is 2. The first-order chi connectivity index (χ1) is 33.6. The molecule has 1 aromatic heterocycles. The summed E-state index contributed by atoms with van der Waals surface area (Å²) in [6.45, 7) is 12.7. The quantitative estimate of drug-likeness (QED) is 0.0448. The summed E-state index contributed by atoms with van der Waals surface area (Å²) < 4.78 is 58.4. The van der Waals surface area contributed by atoms with Gasteiger partial charge in [-0.05, 0) is 124 Å². The van der Waals surface area contributed by atoms with E-state index in [-0.39, 0.29) is 49.4 Å². The van der Waals surface area contributed by atoms with Crippen LogP contribution in [0, 0.1) is 23.7 Å². The fourth-order valence-corrected chi connectivity index (χ4v) is 9.88. The average Bonchev–Trinajstić information content (AvgIpc) is 3.99. The van der Waals surface area contributed by atoms with E-state index in [1.807, 2.05) is 57.5 Å². The highest BCUT2D eigenvalue weighted by molar-refractivity contribution is 7.81. The lowest BCUT2D eigenvalue weighted by atomic mass is 9.85. The third-order valence-corrected chi connectivity index (χ3v) is 13.7. The highest BCUT2D eigenvalue weighted by Gasteiger charge is 2.51. The van der Waals surface area contributed by atoms with Crippen molar-refractivity contribution in [1.29, 1.82) is 5.26 Å². The van der Waals surface area contributed by atoms with Crippen molar-refractivity contribution in [2.45, 2.75) is 116 Å². The number of aliphatic hydroxyl groups excluding tert-OH is 2. The molecule has 4 aromatic rings. The molecule has 3 aromatic carbocycles. The summed E-state index contributed by atoms with van der Waals surface area (Å²) in [7, 11) is 0. The van der Waals surface area contributed by atoms with Crippen LogP contribution in [0.2, 0.25) is 0 Å². The zero-order valence-corrected chi connectivity index (χ0v) is 42.4. The number of benzene rings is 3. The van der Waals surface area contributed by atoms with Crippen LogP contribution in [0.5, 0.6) is 5.75 Å². The van der Waals surface area contributed by atoms with Crippen LogP contribution < -0.4 is 25.2 Å². The van der Waals surface area contributed by atoms with Crippen molar-refractivity contribution in [3.8, 4) is 22.3 Å². The van der Waals surface area contributed by atoms with E-state index in [1.165, 1.54) is 6.07 Å². The molecular formula is C51H62F3N7O8S2. The predicted molar refractivity (Wildman–Crippen MR) is 267 cm³/mol. The normalized spacial score (nSPS) is 18.1. The monoisotopic (exact) mass is 1020 g/mol. The molecule has 15 nitrogen and oxygen atoms in total. The van der Waals surface area contributed by atoms with Gasteiger partial charge >= 0.3 is 6.18 Å². The second-order valence-corrected chi connectivity index (χ2v) is 20.4. The van der Waals surface area contributed by atoms with E-state index >= 15 is 0 Å². The number of ether oxygens (including phenoxy) is 3. The molecule has 0 spiro atoms. The van der Waals surface area contributed by atoms with Crippen LogP contribution in [0.3, 0.4) is 0 Å². The van der Waals surface area contributed by atoms with Crippen molar-refractivity contribution in [3.63, 3.8) is 0 Å². The van der Waals surface area contributed by atoms with Crippen LogP contribution in [0.15, 0.2) is 72.2 Å². The molecule has 0 saturated carbocycles. The van der Waals surface area contributed by atoms with Gasteiger partial charge in [0.05, 0.1) is 63.8 Å². The van der Waals surface area contributed by atoms with E-state index in [2.05, 4.69) is 15.6 Å². The minimum Gasteiger partial charge on any atom is -0.494 e. The number of aryl methyl sites for hydroxylation is 1. The predicted octanol–water partition coefficient (Wildman–Crippen LogP) is 7.50. The summed E-state index contributed by atoms with van der Waals surface area (Å²) in [6, 6.07) is 17.8. The second-order valence-electron chi connectivity index (χ2n) is 19.2. The highest BCUT2D eigenvalue weighted by Crippen LogP contribution is 2.40. The maximum absolute atomic E-state index is 13.7. The number of hydrogen-bond donors (Lipinski definition) is 4. The number of carbonyl (C=O) groups excluding carboxylic acids is 3. The number of thiocarbonyl (C=S) groups is 1. The summed E-state index contributed by atoms with van der Waals surface area (Å²) >= 11 is 7.20. The Kier molecular flexibility index (Phi) is 18.4. The van der Waals surface area contributed by atoms with Crippen molar-refractivity contribution in [3.05, 3.63) is 94.6 Å². The van der Waals surface area contributed by atoms with E-state index in [0.29, 0.717) is 37.7 Å². The van der Waals surface area contributed by atoms with Crippen molar-refractivity contribution in [1.82, 2.24) is 20.5 Å². The van der Waals surface area contributed by atoms with E-state index in [0.717, 1.165) is 58.0 Å². The Hall–Kier alpha value is -5.53. The zero-order chi connectivity index (χ0) is 51.7. The van der Waals surface area contributed by atoms with Crippen molar-refractivity contribution in [2.75, 3.05) is 49.4 Å². The summed E-state index contributed by atoms with van der Waals surface area (Å²) in [5, 5.41) is 37.3. The first-order valence-electron chi connectivity index (χ1n) is 23.5. The van der Waals surface area contributed by atoms with E-state index < -0.39 is 64.5 Å². The number of nitrogens with zero attached hydrogens (tertiary/aromatic N) is 5. The largest absolute Gasteiger partial charge is 0.494 e. The second kappa shape index (κ2) is 23.8. The molecular weight excluding hydrogens is 960 g/mol. The Balaban J connectivity index is 0.850. The molecule has 71 heavy (non-hydrogen) atoms. The van der Waals surface area contributed by atoms with Crippen LogP contribution in [0.4, 0.5) is 24.5 Å². The Morgan fingerprint density at radius 2 is 1.63 bits per heavy atom. The fourth-order valence-electron chi connectivity index (χ4n) is 8.55. The van der Waals surface area contributed by atoms with Crippen LogP contribution in [-0.2, 0) is 36.6 Å². The number of nitrogens with one attached hydrogen (secondary N) is 2. The number of β-amino-alcohol motifs (C(OH)–C–C–N with tert-alkyl or cyclic N) is 1. The number of rotatable bonds is 22. The molecule has 4 atom stereocenters. The number of aliphatic hydroxyl groups is 2. The third kappa shape index (κ3) is 13.7. The van der Waals surface area contributed by atoms with Gasteiger partial charge in [0.1, 0.15) is 24.1 Å². The molecule has 382 valence electrons. The smallest absolute Gasteiger partial charge is 0.417 e. The molecule has 0 bridgehead atoms. The summed E-state index contributed by atoms with van der Waals surface area (Å²) in [6.07, 6.45) is -3.76. The van der Waals surface area contributed by atoms with Gasteiger partial charge in [-0.25, -0.2) is 4.98 Å². The van der Waals surface area contributed by atoms with Gasteiger partial charge < -0.3 is 40.0 Å². The van der Waals surface area contributed by atoms with Gasteiger partial charge in [-0.1, -0.05) is 45.0 Å². The van der Waals surface area contributed by atoms with Gasteiger partial charge in [-0.15, -0.1) is 11.3 Å². The minimum absolute atomic E-state index is 0.00320. The lowest BCUT2D eigenvalue weighted by molar-refractivity contribution is -0.138. The van der Waals surface area contributed by atoms with Crippen LogP contribution >= 0.6 is 23.6 Å². The first kappa shape index (κ1) is 54.8. The number of hydrogen-bond acceptors (Lipinski definition) is 13. The lowest BCUT2D eigenvalue weighted by Gasteiger charge is -2.40. The number of unbranched alkanes of at least 4 members (excludes halogenated alkanes) is 2. The Labute approximate surface area is 421 Å². The molecule has 1 unspecified atom stereocenters. The third-order valence-electron chi connectivity index (χ3n) is 12.4.